The van der Waals surface area contributed by atoms with Gasteiger partial charge in [-0.15, -0.1) is 0 Å². The van der Waals surface area contributed by atoms with Crippen LogP contribution >= 0.6 is 0 Å². The third-order valence-electron chi connectivity index (χ3n) is 0.857. The van der Waals surface area contributed by atoms with Crippen molar-refractivity contribution in [2.45, 2.75) is 25.9 Å². The van der Waals surface area contributed by atoms with Crippen LogP contribution in [0.5, 0.6) is 0 Å². The minimum Gasteiger partial charge on any atom is -0.516 e. The summed E-state index contributed by atoms with van der Waals surface area (Å²) in [7, 11) is 0. The van der Waals surface area contributed by atoms with Crippen molar-refractivity contribution in [1.29, 1.82) is 0 Å². The summed E-state index contributed by atoms with van der Waals surface area (Å²) in [5, 5.41) is 16.8. The fourth-order valence-corrected chi connectivity index (χ4v) is 0.412. The van der Waals surface area contributed by atoms with Gasteiger partial charge in [0.05, 0.1) is 12.4 Å². The molecule has 48 valence electrons. The van der Waals surface area contributed by atoms with Crippen molar-refractivity contribution in [3.63, 3.8) is 0 Å². The second-order valence-corrected chi connectivity index (χ2v) is 1.81. The summed E-state index contributed by atoms with van der Waals surface area (Å²) in [6.45, 7) is 1.73. The molecule has 0 aromatic heterocycles. The fraction of sp³-hybridized carbons (Fsp3) is 0.667. The van der Waals surface area contributed by atoms with Crippen LogP contribution in [-0.4, -0.2) is 16.3 Å². The smallest absolute Gasteiger partial charge is 0.0751 e. The van der Waals surface area contributed by atoms with Crippen molar-refractivity contribution in [3.05, 3.63) is 12.3 Å². The van der Waals surface area contributed by atoms with E-state index in [-0.39, 0.29) is 6.10 Å². The van der Waals surface area contributed by atoms with Crippen LogP contribution in [0.15, 0.2) is 12.3 Å². The van der Waals surface area contributed by atoms with Crippen molar-refractivity contribution in [1.82, 2.24) is 0 Å². The third-order valence-corrected chi connectivity index (χ3v) is 0.857. The van der Waals surface area contributed by atoms with E-state index < -0.39 is 0 Å². The predicted molar refractivity (Wildman–Crippen MR) is 32.7 cm³/mol. The molecule has 8 heavy (non-hydrogen) atoms. The first-order valence-corrected chi connectivity index (χ1v) is 2.74. The van der Waals surface area contributed by atoms with Crippen LogP contribution < -0.4 is 0 Å². The first-order valence-electron chi connectivity index (χ1n) is 2.74. The van der Waals surface area contributed by atoms with Crippen molar-refractivity contribution in [2.24, 2.45) is 0 Å². The van der Waals surface area contributed by atoms with Gasteiger partial charge >= 0.3 is 0 Å². The molecule has 0 heterocycles. The van der Waals surface area contributed by atoms with Gasteiger partial charge in [0.15, 0.2) is 0 Å². The number of hydrogen-bond acceptors (Lipinski definition) is 2. The van der Waals surface area contributed by atoms with Gasteiger partial charge in [-0.1, -0.05) is 6.08 Å². The lowest BCUT2D eigenvalue weighted by Crippen LogP contribution is -1.96. The summed E-state index contributed by atoms with van der Waals surface area (Å²) in [5.41, 5.74) is 0. The van der Waals surface area contributed by atoms with Crippen LogP contribution in [0.2, 0.25) is 0 Å². The Morgan fingerprint density at radius 3 is 2.62 bits per heavy atom. The van der Waals surface area contributed by atoms with Crippen molar-refractivity contribution in [3.8, 4) is 0 Å². The summed E-state index contributed by atoms with van der Waals surface area (Å²) in [4.78, 5) is 0. The van der Waals surface area contributed by atoms with E-state index in [0.29, 0.717) is 0 Å². The van der Waals surface area contributed by atoms with Crippen molar-refractivity contribution >= 4 is 0 Å². The van der Waals surface area contributed by atoms with Gasteiger partial charge in [0.1, 0.15) is 0 Å². The maximum absolute atomic E-state index is 8.66. The Morgan fingerprint density at radius 1 is 1.62 bits per heavy atom. The molecule has 2 heteroatoms. The average molecular weight is 116 g/mol. The molecular weight excluding hydrogens is 104 g/mol. The molecule has 0 aliphatic heterocycles. The molecule has 0 bridgehead atoms. The van der Waals surface area contributed by atoms with Crippen LogP contribution in [0.3, 0.4) is 0 Å². The van der Waals surface area contributed by atoms with Gasteiger partial charge in [0, 0.05) is 0 Å². The Labute approximate surface area is 49.5 Å². The molecule has 0 radical (unpaired) electrons. The summed E-state index contributed by atoms with van der Waals surface area (Å²) < 4.78 is 0. The maximum Gasteiger partial charge on any atom is 0.0751 e. The van der Waals surface area contributed by atoms with E-state index in [1.807, 2.05) is 0 Å². The molecule has 0 spiro atoms. The summed E-state index contributed by atoms with van der Waals surface area (Å²) in [5.74, 6) is 0. The molecule has 0 aromatic carbocycles. The number of allylic oxidation sites excluding steroid dienone is 1. The summed E-state index contributed by atoms with van der Waals surface area (Å²) in [6.07, 6.45) is 3.83. The standard InChI is InChI=1S/C6H12O2/c1-6(8)4-2-3-5-7/h3,5-8H,2,4H2,1H3/b5-3+. The van der Waals surface area contributed by atoms with Crippen LogP contribution in [0.1, 0.15) is 19.8 Å². The van der Waals surface area contributed by atoms with Crippen molar-refractivity contribution < 1.29 is 10.2 Å². The Balaban J connectivity index is 2.93. The normalized spacial score (nSPS) is 14.8. The monoisotopic (exact) mass is 116 g/mol. The van der Waals surface area contributed by atoms with E-state index >= 15 is 0 Å². The maximum atomic E-state index is 8.66. The molecule has 0 aliphatic rings. The molecule has 0 fully saturated rings. The van der Waals surface area contributed by atoms with Gasteiger partial charge in [0.25, 0.3) is 0 Å². The first kappa shape index (κ1) is 7.50. The average Bonchev–Trinajstić information content (AvgIpc) is 1.66. The minimum atomic E-state index is -0.258. The van der Waals surface area contributed by atoms with Crippen LogP contribution in [-0.2, 0) is 0 Å². The second kappa shape index (κ2) is 4.65. The molecule has 0 saturated carbocycles. The van der Waals surface area contributed by atoms with Gasteiger partial charge in [-0.3, -0.25) is 0 Å². The Bertz CT molecular complexity index is 66.9. The molecule has 2 N–H and O–H groups in total. The SMILES string of the molecule is CC(O)CC/C=C/O. The molecular formula is C6H12O2. The highest BCUT2D eigenvalue weighted by molar-refractivity contribution is 4.71. The minimum absolute atomic E-state index is 0.258. The van der Waals surface area contributed by atoms with Gasteiger partial charge in [-0.05, 0) is 19.8 Å². The molecule has 0 amide bonds. The summed E-state index contributed by atoms with van der Waals surface area (Å²) in [6, 6.07) is 0. The number of aliphatic hydroxyl groups excluding tert-OH is 2. The topological polar surface area (TPSA) is 40.5 Å². The molecule has 1 unspecified atom stereocenters. The first-order chi connectivity index (χ1) is 3.77. The van der Waals surface area contributed by atoms with E-state index in [2.05, 4.69) is 0 Å². The zero-order chi connectivity index (χ0) is 6.41. The predicted octanol–water partition coefficient (Wildman–Crippen LogP) is 1.22. The van der Waals surface area contributed by atoms with Gasteiger partial charge < -0.3 is 10.2 Å². The molecule has 0 aliphatic carbocycles. The Kier molecular flexibility index (Phi) is 4.36. The quantitative estimate of drug-likeness (QED) is 0.544. The summed E-state index contributed by atoms with van der Waals surface area (Å²) >= 11 is 0. The Morgan fingerprint density at radius 2 is 2.25 bits per heavy atom. The highest BCUT2D eigenvalue weighted by Crippen LogP contribution is 1.94. The van der Waals surface area contributed by atoms with E-state index in [0.717, 1.165) is 19.1 Å². The van der Waals surface area contributed by atoms with Crippen LogP contribution in [0, 0.1) is 0 Å². The number of hydrogen-bond donors (Lipinski definition) is 2. The lowest BCUT2D eigenvalue weighted by atomic mass is 10.2. The zero-order valence-electron chi connectivity index (χ0n) is 5.04. The lowest BCUT2D eigenvalue weighted by Gasteiger charge is -1.96. The fourth-order valence-electron chi connectivity index (χ4n) is 0.412. The van der Waals surface area contributed by atoms with E-state index in [4.69, 9.17) is 10.2 Å². The molecule has 1 atom stereocenters. The third kappa shape index (κ3) is 5.50. The highest BCUT2D eigenvalue weighted by Gasteiger charge is 1.89. The highest BCUT2D eigenvalue weighted by atomic mass is 16.3. The largest absolute Gasteiger partial charge is 0.516 e. The van der Waals surface area contributed by atoms with Crippen LogP contribution in [0.4, 0.5) is 0 Å². The molecule has 0 rings (SSSR count). The molecule has 2 nitrogen and oxygen atoms in total. The van der Waals surface area contributed by atoms with E-state index in [9.17, 15) is 0 Å². The Hall–Kier alpha value is -0.500. The van der Waals surface area contributed by atoms with Gasteiger partial charge in [0.2, 0.25) is 0 Å². The molecule has 0 saturated heterocycles. The molecule has 0 aromatic rings. The lowest BCUT2D eigenvalue weighted by molar-refractivity contribution is 0.185. The number of rotatable bonds is 3. The van der Waals surface area contributed by atoms with Gasteiger partial charge in [-0.25, -0.2) is 0 Å². The second-order valence-electron chi connectivity index (χ2n) is 1.81. The number of aliphatic hydroxyl groups is 2. The van der Waals surface area contributed by atoms with Crippen molar-refractivity contribution in [2.75, 3.05) is 0 Å². The van der Waals surface area contributed by atoms with E-state index in [1.54, 1.807) is 13.0 Å². The zero-order valence-corrected chi connectivity index (χ0v) is 5.04. The van der Waals surface area contributed by atoms with E-state index in [1.165, 1.54) is 0 Å². The van der Waals surface area contributed by atoms with Crippen LogP contribution in [0.25, 0.3) is 0 Å². The van der Waals surface area contributed by atoms with Gasteiger partial charge in [-0.2, -0.15) is 0 Å².